The molecule has 0 bridgehead atoms. The number of ether oxygens (including phenoxy) is 1. The average molecular weight is 512 g/mol. The molecule has 1 saturated heterocycles. The van der Waals surface area contributed by atoms with Crippen molar-refractivity contribution >= 4 is 28.5 Å². The van der Waals surface area contributed by atoms with E-state index in [4.69, 9.17) is 15.5 Å². The molecule has 2 atom stereocenters. The van der Waals surface area contributed by atoms with Crippen LogP contribution in [0.4, 0.5) is 10.5 Å². The number of nitrogens with one attached hydrogen (secondary N) is 2. The number of benzene rings is 3. The van der Waals surface area contributed by atoms with Gasteiger partial charge in [0.25, 0.3) is 0 Å². The van der Waals surface area contributed by atoms with E-state index in [2.05, 4.69) is 52.8 Å². The fraction of sp³-hybridized carbons (Fsp3) is 0.300. The Kier molecular flexibility index (Phi) is 7.05. The molecule has 3 aromatic carbocycles. The minimum absolute atomic E-state index is 0.0748. The average Bonchev–Trinajstić information content (AvgIpc) is 3.61. The molecular weight excluding hydrogens is 478 g/mol. The highest BCUT2D eigenvalue weighted by molar-refractivity contribution is 5.89. The molecule has 5 rings (SSSR count). The quantitative estimate of drug-likeness (QED) is 0.295. The van der Waals surface area contributed by atoms with Gasteiger partial charge in [-0.05, 0) is 58.9 Å². The number of hydrogen-bond acceptors (Lipinski definition) is 5. The summed E-state index contributed by atoms with van der Waals surface area (Å²) < 4.78 is 4.72. The number of imidazole rings is 1. The molecule has 4 aromatic rings. The van der Waals surface area contributed by atoms with Crippen LogP contribution < -0.4 is 11.1 Å². The molecule has 38 heavy (non-hydrogen) atoms. The van der Waals surface area contributed by atoms with Crippen LogP contribution >= 0.6 is 0 Å². The Morgan fingerprint density at radius 2 is 1.71 bits per heavy atom. The number of nitrogen functional groups attached to an aromatic ring is 1. The number of hydrogen-bond donors (Lipinski definition) is 3. The lowest BCUT2D eigenvalue weighted by Gasteiger charge is -2.29. The summed E-state index contributed by atoms with van der Waals surface area (Å²) in [7, 11) is 1.30. The van der Waals surface area contributed by atoms with Crippen LogP contribution in [0.25, 0.3) is 33.2 Å². The van der Waals surface area contributed by atoms with E-state index < -0.39 is 12.1 Å². The van der Waals surface area contributed by atoms with Gasteiger partial charge in [-0.2, -0.15) is 0 Å². The predicted octanol–water partition coefficient (Wildman–Crippen LogP) is 5.52. The highest BCUT2D eigenvalue weighted by atomic mass is 16.5. The van der Waals surface area contributed by atoms with Crippen molar-refractivity contribution in [1.29, 1.82) is 0 Å². The van der Waals surface area contributed by atoms with E-state index in [1.807, 2.05) is 43.1 Å². The molecule has 196 valence electrons. The summed E-state index contributed by atoms with van der Waals surface area (Å²) in [6.07, 6.45) is 2.97. The number of aromatic amines is 1. The number of alkyl carbamates (subject to hydrolysis) is 1. The van der Waals surface area contributed by atoms with Crippen LogP contribution in [0, 0.1) is 5.92 Å². The number of methoxy groups -OCH3 is 1. The topological polar surface area (TPSA) is 113 Å². The smallest absolute Gasteiger partial charge is 0.407 e. The largest absolute Gasteiger partial charge is 0.453 e. The van der Waals surface area contributed by atoms with Gasteiger partial charge in [0.1, 0.15) is 11.9 Å². The number of likely N-dealkylation sites (tertiary alicyclic amines) is 1. The number of anilines is 1. The van der Waals surface area contributed by atoms with Gasteiger partial charge in [0.2, 0.25) is 5.91 Å². The number of carbonyl (C=O) groups is 2. The van der Waals surface area contributed by atoms with Crippen LogP contribution in [0.2, 0.25) is 0 Å². The highest BCUT2D eigenvalue weighted by Gasteiger charge is 2.37. The monoisotopic (exact) mass is 511 g/mol. The van der Waals surface area contributed by atoms with Gasteiger partial charge in [0.05, 0.1) is 18.8 Å². The molecule has 2 heterocycles. The molecule has 0 spiro atoms. The van der Waals surface area contributed by atoms with Gasteiger partial charge in [0.15, 0.2) is 0 Å². The Labute approximate surface area is 222 Å². The molecule has 1 aromatic heterocycles. The number of H-pyrrole nitrogens is 1. The third kappa shape index (κ3) is 5.07. The molecular formula is C30H33N5O3. The molecule has 0 aliphatic carbocycles. The molecule has 2 amide bonds. The van der Waals surface area contributed by atoms with E-state index in [1.165, 1.54) is 7.11 Å². The first-order chi connectivity index (χ1) is 18.3. The van der Waals surface area contributed by atoms with Gasteiger partial charge in [0, 0.05) is 24.0 Å². The number of nitrogens with two attached hydrogens (primary N) is 1. The van der Waals surface area contributed by atoms with Gasteiger partial charge in [-0.15, -0.1) is 0 Å². The second-order valence-corrected chi connectivity index (χ2v) is 10.1. The van der Waals surface area contributed by atoms with E-state index in [-0.39, 0.29) is 17.9 Å². The molecule has 4 N–H and O–H groups in total. The van der Waals surface area contributed by atoms with E-state index in [1.54, 1.807) is 0 Å². The first-order valence-electron chi connectivity index (χ1n) is 12.9. The van der Waals surface area contributed by atoms with Crippen LogP contribution in [0.5, 0.6) is 0 Å². The maximum Gasteiger partial charge on any atom is 0.407 e. The molecule has 0 saturated carbocycles. The maximum absolute atomic E-state index is 13.4. The molecule has 0 unspecified atom stereocenters. The fourth-order valence-electron chi connectivity index (χ4n) is 5.13. The second kappa shape index (κ2) is 10.6. The number of aromatic nitrogens is 2. The second-order valence-electron chi connectivity index (χ2n) is 10.1. The number of nitrogens with zero attached hydrogens (tertiary/aromatic N) is 2. The van der Waals surface area contributed by atoms with Crippen molar-refractivity contribution in [2.75, 3.05) is 19.4 Å². The number of rotatable bonds is 6. The lowest BCUT2D eigenvalue weighted by Crippen LogP contribution is -2.51. The Hall–Kier alpha value is -4.33. The first kappa shape index (κ1) is 25.3. The SMILES string of the molecule is COC(=O)N[C@H](C(=O)N1CCC[C@H]1c1nc(-c2ccc(-c3ccc4cc(N)ccc4c3)cc2)c[nH]1)C(C)C. The number of fused-ring (bicyclic) bond motifs is 1. The maximum atomic E-state index is 13.4. The van der Waals surface area contributed by atoms with Crippen LogP contribution in [-0.4, -0.2) is 46.6 Å². The summed E-state index contributed by atoms with van der Waals surface area (Å²) in [5, 5.41) is 4.96. The predicted molar refractivity (Wildman–Crippen MR) is 149 cm³/mol. The molecule has 8 nitrogen and oxygen atoms in total. The zero-order valence-electron chi connectivity index (χ0n) is 21.9. The molecule has 8 heteroatoms. The third-order valence-corrected chi connectivity index (χ3v) is 7.22. The van der Waals surface area contributed by atoms with Crippen molar-refractivity contribution in [2.24, 2.45) is 5.92 Å². The van der Waals surface area contributed by atoms with Gasteiger partial charge in [-0.1, -0.05) is 56.3 Å². The van der Waals surface area contributed by atoms with Crippen molar-refractivity contribution in [3.8, 4) is 22.4 Å². The number of carbonyl (C=O) groups excluding carboxylic acids is 2. The summed E-state index contributed by atoms with van der Waals surface area (Å²) in [6.45, 7) is 4.44. The van der Waals surface area contributed by atoms with E-state index >= 15 is 0 Å². The zero-order chi connectivity index (χ0) is 26.8. The van der Waals surface area contributed by atoms with Gasteiger partial charge >= 0.3 is 6.09 Å². The Morgan fingerprint density at radius 3 is 2.45 bits per heavy atom. The fourth-order valence-corrected chi connectivity index (χ4v) is 5.13. The zero-order valence-corrected chi connectivity index (χ0v) is 21.9. The van der Waals surface area contributed by atoms with Gasteiger partial charge in [-0.3, -0.25) is 4.79 Å². The van der Waals surface area contributed by atoms with Crippen LogP contribution in [0.3, 0.4) is 0 Å². The standard InChI is InChI=1S/C30H33N5O3/c1-18(2)27(34-30(37)38-3)29(36)35-14-4-5-26(35)28-32-17-25(33-28)20-8-6-19(7-9-20)21-10-11-23-16-24(31)13-12-22(23)15-21/h6-13,15-18,26-27H,4-5,14,31H2,1-3H3,(H,32,33)(H,34,37)/t26-,27-/m0/s1. The Morgan fingerprint density at radius 1 is 1.03 bits per heavy atom. The van der Waals surface area contributed by atoms with Crippen molar-refractivity contribution < 1.29 is 14.3 Å². The normalized spacial score (nSPS) is 16.1. The Balaban J connectivity index is 1.33. The first-order valence-corrected chi connectivity index (χ1v) is 12.9. The van der Waals surface area contributed by atoms with E-state index in [9.17, 15) is 9.59 Å². The Bertz CT molecular complexity index is 1460. The van der Waals surface area contributed by atoms with Crippen molar-refractivity contribution in [3.05, 3.63) is 72.7 Å². The van der Waals surface area contributed by atoms with Gasteiger partial charge < -0.3 is 25.7 Å². The van der Waals surface area contributed by atoms with Gasteiger partial charge in [-0.25, -0.2) is 9.78 Å². The molecule has 1 aliphatic rings. The molecule has 0 radical (unpaired) electrons. The molecule has 1 fully saturated rings. The highest BCUT2D eigenvalue weighted by Crippen LogP contribution is 2.33. The minimum atomic E-state index is -0.655. The summed E-state index contributed by atoms with van der Waals surface area (Å²) >= 11 is 0. The molecule has 1 aliphatic heterocycles. The summed E-state index contributed by atoms with van der Waals surface area (Å²) in [5.41, 5.74) is 10.7. The van der Waals surface area contributed by atoms with E-state index in [0.717, 1.165) is 57.5 Å². The van der Waals surface area contributed by atoms with Crippen LogP contribution in [0.1, 0.15) is 38.6 Å². The van der Waals surface area contributed by atoms with Crippen molar-refractivity contribution in [1.82, 2.24) is 20.2 Å². The van der Waals surface area contributed by atoms with Crippen LogP contribution in [-0.2, 0) is 9.53 Å². The number of amides is 2. The summed E-state index contributed by atoms with van der Waals surface area (Å²) in [6, 6.07) is 19.8. The van der Waals surface area contributed by atoms with Crippen molar-refractivity contribution in [3.63, 3.8) is 0 Å². The summed E-state index contributed by atoms with van der Waals surface area (Å²) in [4.78, 5) is 35.2. The lowest BCUT2D eigenvalue weighted by atomic mass is 9.99. The van der Waals surface area contributed by atoms with Crippen molar-refractivity contribution in [2.45, 2.75) is 38.8 Å². The van der Waals surface area contributed by atoms with Crippen LogP contribution in [0.15, 0.2) is 66.9 Å². The minimum Gasteiger partial charge on any atom is -0.453 e. The third-order valence-electron chi connectivity index (χ3n) is 7.22. The van der Waals surface area contributed by atoms with E-state index in [0.29, 0.717) is 6.54 Å². The summed E-state index contributed by atoms with van der Waals surface area (Å²) in [5.74, 6) is 0.562. The lowest BCUT2D eigenvalue weighted by molar-refractivity contribution is -0.135.